The molecule has 0 unspecified atom stereocenters. The van der Waals surface area contributed by atoms with Crippen LogP contribution in [0.4, 0.5) is 0 Å². The van der Waals surface area contributed by atoms with Gasteiger partial charge in [0.2, 0.25) is 0 Å². The zero-order chi connectivity index (χ0) is 11.8. The van der Waals surface area contributed by atoms with Crippen LogP contribution < -0.4 is 0 Å². The zero-order valence-corrected chi connectivity index (χ0v) is 9.73. The Balaban J connectivity index is 2.21. The first-order chi connectivity index (χ1) is 8.25. The van der Waals surface area contributed by atoms with E-state index in [1.807, 2.05) is 25.1 Å². The molecule has 1 aromatic carbocycles. The summed E-state index contributed by atoms with van der Waals surface area (Å²) in [5, 5.41) is 7.32. The second kappa shape index (κ2) is 3.66. The van der Waals surface area contributed by atoms with Crippen molar-refractivity contribution in [2.24, 2.45) is 0 Å². The first-order valence-corrected chi connectivity index (χ1v) is 5.48. The van der Waals surface area contributed by atoms with Gasteiger partial charge < -0.3 is 0 Å². The van der Waals surface area contributed by atoms with Gasteiger partial charge in [-0.1, -0.05) is 6.07 Å². The molecule has 0 amide bonds. The number of hydrogen-bond donors (Lipinski definition) is 1. The van der Waals surface area contributed by atoms with Crippen LogP contribution in [-0.2, 0) is 0 Å². The maximum atomic E-state index is 4.32. The predicted octanol–water partition coefficient (Wildman–Crippen LogP) is 2.64. The first-order valence-electron chi connectivity index (χ1n) is 5.48. The Morgan fingerprint density at radius 3 is 2.47 bits per heavy atom. The summed E-state index contributed by atoms with van der Waals surface area (Å²) in [6, 6.07) is 6.02. The summed E-state index contributed by atoms with van der Waals surface area (Å²) in [5.74, 6) is 0. The Labute approximate surface area is 98.7 Å². The fourth-order valence-corrected chi connectivity index (χ4v) is 1.88. The molecule has 0 aliphatic carbocycles. The van der Waals surface area contributed by atoms with Crippen molar-refractivity contribution in [3.8, 4) is 11.3 Å². The molecule has 1 N–H and O–H groups in total. The quantitative estimate of drug-likeness (QED) is 0.691. The van der Waals surface area contributed by atoms with Gasteiger partial charge in [0.1, 0.15) is 0 Å². The van der Waals surface area contributed by atoms with Gasteiger partial charge >= 0.3 is 0 Å². The SMILES string of the molecule is Cc1[nH]nc(-c2ccc3nccnc3c2)c1C. The van der Waals surface area contributed by atoms with Crippen LogP contribution in [-0.4, -0.2) is 20.2 Å². The van der Waals surface area contributed by atoms with E-state index in [4.69, 9.17) is 0 Å². The minimum atomic E-state index is 0.894. The average molecular weight is 224 g/mol. The summed E-state index contributed by atoms with van der Waals surface area (Å²) in [5.41, 5.74) is 6.12. The lowest BCUT2D eigenvalue weighted by atomic mass is 10.1. The van der Waals surface area contributed by atoms with E-state index in [-0.39, 0.29) is 0 Å². The maximum absolute atomic E-state index is 4.32. The molecule has 84 valence electrons. The fraction of sp³-hybridized carbons (Fsp3) is 0.154. The van der Waals surface area contributed by atoms with E-state index in [1.54, 1.807) is 12.4 Å². The van der Waals surface area contributed by atoms with Gasteiger partial charge in [0, 0.05) is 23.7 Å². The molecule has 4 nitrogen and oxygen atoms in total. The van der Waals surface area contributed by atoms with E-state index >= 15 is 0 Å². The summed E-state index contributed by atoms with van der Waals surface area (Å²) >= 11 is 0. The molecule has 0 fully saturated rings. The molecule has 2 heterocycles. The van der Waals surface area contributed by atoms with E-state index in [2.05, 4.69) is 27.1 Å². The van der Waals surface area contributed by atoms with Crippen molar-refractivity contribution in [3.63, 3.8) is 0 Å². The molecule has 0 aliphatic rings. The van der Waals surface area contributed by atoms with Gasteiger partial charge in [0.25, 0.3) is 0 Å². The highest BCUT2D eigenvalue weighted by atomic mass is 15.1. The Hall–Kier alpha value is -2.23. The highest BCUT2D eigenvalue weighted by Crippen LogP contribution is 2.24. The monoisotopic (exact) mass is 224 g/mol. The molecule has 0 saturated heterocycles. The van der Waals surface area contributed by atoms with Crippen LogP contribution >= 0.6 is 0 Å². The van der Waals surface area contributed by atoms with Crippen LogP contribution in [0.1, 0.15) is 11.3 Å². The number of fused-ring (bicyclic) bond motifs is 1. The third kappa shape index (κ3) is 1.58. The molecule has 0 bridgehead atoms. The van der Waals surface area contributed by atoms with Crippen LogP contribution in [0.3, 0.4) is 0 Å². The number of nitrogens with zero attached hydrogens (tertiary/aromatic N) is 3. The Morgan fingerprint density at radius 1 is 1.00 bits per heavy atom. The molecular weight excluding hydrogens is 212 g/mol. The molecule has 0 spiro atoms. The number of H-pyrrole nitrogens is 1. The molecule has 4 heteroatoms. The first kappa shape index (κ1) is 9.96. The van der Waals surface area contributed by atoms with Crippen molar-refractivity contribution in [2.75, 3.05) is 0 Å². The van der Waals surface area contributed by atoms with Crippen molar-refractivity contribution < 1.29 is 0 Å². The number of benzene rings is 1. The Bertz CT molecular complexity index is 685. The summed E-state index contributed by atoms with van der Waals surface area (Å²) in [7, 11) is 0. The van der Waals surface area contributed by atoms with Gasteiger partial charge in [-0.05, 0) is 31.5 Å². The summed E-state index contributed by atoms with van der Waals surface area (Å²) in [4.78, 5) is 8.56. The number of hydrogen-bond acceptors (Lipinski definition) is 3. The summed E-state index contributed by atoms with van der Waals surface area (Å²) < 4.78 is 0. The minimum Gasteiger partial charge on any atom is -0.282 e. The number of aryl methyl sites for hydroxylation is 1. The van der Waals surface area contributed by atoms with Crippen LogP contribution in [0.15, 0.2) is 30.6 Å². The van der Waals surface area contributed by atoms with Crippen molar-refractivity contribution in [1.82, 2.24) is 20.2 Å². The topological polar surface area (TPSA) is 54.5 Å². The lowest BCUT2D eigenvalue weighted by Crippen LogP contribution is -1.85. The van der Waals surface area contributed by atoms with E-state index < -0.39 is 0 Å². The number of aromatic nitrogens is 4. The molecule has 0 radical (unpaired) electrons. The van der Waals surface area contributed by atoms with Gasteiger partial charge in [-0.2, -0.15) is 5.10 Å². The van der Waals surface area contributed by atoms with Crippen LogP contribution in [0.2, 0.25) is 0 Å². The fourth-order valence-electron chi connectivity index (χ4n) is 1.88. The summed E-state index contributed by atoms with van der Waals surface area (Å²) in [6.07, 6.45) is 3.40. The molecule has 0 aliphatic heterocycles. The van der Waals surface area contributed by atoms with Crippen molar-refractivity contribution in [1.29, 1.82) is 0 Å². The zero-order valence-electron chi connectivity index (χ0n) is 9.73. The highest BCUT2D eigenvalue weighted by Gasteiger charge is 2.08. The molecular formula is C13H12N4. The molecule has 17 heavy (non-hydrogen) atoms. The average Bonchev–Trinajstić information content (AvgIpc) is 2.70. The number of aromatic amines is 1. The number of rotatable bonds is 1. The molecule has 0 saturated carbocycles. The van der Waals surface area contributed by atoms with E-state index in [0.717, 1.165) is 28.0 Å². The van der Waals surface area contributed by atoms with Crippen molar-refractivity contribution in [3.05, 3.63) is 41.9 Å². The molecule has 3 rings (SSSR count). The third-order valence-electron chi connectivity index (χ3n) is 3.00. The van der Waals surface area contributed by atoms with Gasteiger partial charge in [-0.15, -0.1) is 0 Å². The van der Waals surface area contributed by atoms with E-state index in [0.29, 0.717) is 0 Å². The molecule has 0 atom stereocenters. The second-order valence-electron chi connectivity index (χ2n) is 4.08. The smallest absolute Gasteiger partial charge is 0.0953 e. The van der Waals surface area contributed by atoms with Crippen molar-refractivity contribution >= 4 is 11.0 Å². The highest BCUT2D eigenvalue weighted by molar-refractivity contribution is 5.80. The van der Waals surface area contributed by atoms with Gasteiger partial charge in [-0.3, -0.25) is 15.1 Å². The van der Waals surface area contributed by atoms with Crippen LogP contribution in [0, 0.1) is 13.8 Å². The van der Waals surface area contributed by atoms with Crippen LogP contribution in [0.5, 0.6) is 0 Å². The third-order valence-corrected chi connectivity index (χ3v) is 3.00. The predicted molar refractivity (Wildman–Crippen MR) is 66.6 cm³/mol. The molecule has 3 aromatic rings. The Morgan fingerprint density at radius 2 is 1.76 bits per heavy atom. The van der Waals surface area contributed by atoms with Gasteiger partial charge in [0.15, 0.2) is 0 Å². The normalized spacial score (nSPS) is 10.9. The lowest BCUT2D eigenvalue weighted by Gasteiger charge is -2.01. The maximum Gasteiger partial charge on any atom is 0.0953 e. The number of nitrogens with one attached hydrogen (secondary N) is 1. The molecule has 2 aromatic heterocycles. The van der Waals surface area contributed by atoms with Crippen LogP contribution in [0.25, 0.3) is 22.3 Å². The summed E-state index contributed by atoms with van der Waals surface area (Å²) in [6.45, 7) is 4.09. The van der Waals surface area contributed by atoms with E-state index in [9.17, 15) is 0 Å². The Kier molecular flexibility index (Phi) is 2.14. The standard InChI is InChI=1S/C13H12N4/c1-8-9(2)16-17-13(8)10-3-4-11-12(7-10)15-6-5-14-11/h3-7H,1-2H3,(H,16,17). The second-order valence-corrected chi connectivity index (χ2v) is 4.08. The van der Waals surface area contributed by atoms with E-state index in [1.165, 1.54) is 5.56 Å². The largest absolute Gasteiger partial charge is 0.282 e. The lowest BCUT2D eigenvalue weighted by molar-refractivity contribution is 1.05. The van der Waals surface area contributed by atoms with Gasteiger partial charge in [-0.25, -0.2) is 0 Å². The van der Waals surface area contributed by atoms with Gasteiger partial charge in [0.05, 0.1) is 16.7 Å². The van der Waals surface area contributed by atoms with Crippen molar-refractivity contribution in [2.45, 2.75) is 13.8 Å². The minimum absolute atomic E-state index is 0.894.